The molecule has 0 fully saturated rings. The first kappa shape index (κ1) is 14.1. The van der Waals surface area contributed by atoms with E-state index in [4.69, 9.17) is 5.11 Å². The van der Waals surface area contributed by atoms with E-state index in [2.05, 4.69) is 15.0 Å². The van der Waals surface area contributed by atoms with Crippen LogP contribution in [-0.2, 0) is 23.2 Å². The van der Waals surface area contributed by atoms with E-state index in [0.29, 0.717) is 24.4 Å². The Hall–Kier alpha value is -1.29. The van der Waals surface area contributed by atoms with Crippen LogP contribution in [0.2, 0.25) is 0 Å². The van der Waals surface area contributed by atoms with Gasteiger partial charge < -0.3 is 5.11 Å². The van der Waals surface area contributed by atoms with E-state index < -0.39 is 10.0 Å². The van der Waals surface area contributed by atoms with E-state index in [9.17, 15) is 8.42 Å². The number of aryl methyl sites for hydroxylation is 1. The second-order valence-corrected chi connectivity index (χ2v) is 6.52. The lowest BCUT2D eigenvalue weighted by Crippen LogP contribution is -2.26. The molecule has 19 heavy (non-hydrogen) atoms. The second kappa shape index (κ2) is 6.24. The van der Waals surface area contributed by atoms with Crippen LogP contribution in [0.4, 0.5) is 0 Å². The predicted octanol–water partition coefficient (Wildman–Crippen LogP) is 0.200. The zero-order valence-electron chi connectivity index (χ0n) is 10.1. The van der Waals surface area contributed by atoms with Gasteiger partial charge in [0.2, 0.25) is 10.0 Å². The van der Waals surface area contributed by atoms with Gasteiger partial charge in [0.1, 0.15) is 0 Å². The smallest absolute Gasteiger partial charge is 0.241 e. The topological polar surface area (TPSA) is 97.1 Å². The summed E-state index contributed by atoms with van der Waals surface area (Å²) < 4.78 is 28.1. The average molecular weight is 302 g/mol. The third kappa shape index (κ3) is 3.60. The highest BCUT2D eigenvalue weighted by Crippen LogP contribution is 2.21. The van der Waals surface area contributed by atoms with Crippen LogP contribution in [-0.4, -0.2) is 35.1 Å². The SMILES string of the molecule is O=S(=O)(NCCCn1ccnn1)c1ccsc1CO. The minimum atomic E-state index is -3.55. The molecular weight excluding hydrogens is 288 g/mol. The Morgan fingerprint density at radius 1 is 1.47 bits per heavy atom. The highest BCUT2D eigenvalue weighted by atomic mass is 32.2. The van der Waals surface area contributed by atoms with Crippen molar-refractivity contribution in [3.63, 3.8) is 0 Å². The van der Waals surface area contributed by atoms with Crippen molar-refractivity contribution in [2.75, 3.05) is 6.54 Å². The zero-order valence-corrected chi connectivity index (χ0v) is 11.7. The van der Waals surface area contributed by atoms with Gasteiger partial charge in [-0.1, -0.05) is 5.21 Å². The molecule has 104 valence electrons. The summed E-state index contributed by atoms with van der Waals surface area (Å²) in [7, 11) is -3.55. The molecule has 0 bridgehead atoms. The fourth-order valence-corrected chi connectivity index (χ4v) is 3.93. The Labute approximate surface area is 114 Å². The van der Waals surface area contributed by atoms with Crippen molar-refractivity contribution in [2.45, 2.75) is 24.5 Å². The van der Waals surface area contributed by atoms with Gasteiger partial charge in [-0.25, -0.2) is 13.1 Å². The molecule has 0 spiro atoms. The van der Waals surface area contributed by atoms with Crippen LogP contribution < -0.4 is 4.72 Å². The van der Waals surface area contributed by atoms with Crippen molar-refractivity contribution in [2.24, 2.45) is 0 Å². The van der Waals surface area contributed by atoms with Crippen molar-refractivity contribution >= 4 is 21.4 Å². The van der Waals surface area contributed by atoms with Crippen molar-refractivity contribution in [3.8, 4) is 0 Å². The van der Waals surface area contributed by atoms with Crippen LogP contribution >= 0.6 is 11.3 Å². The molecule has 0 aliphatic carbocycles. The molecule has 2 aromatic rings. The van der Waals surface area contributed by atoms with Gasteiger partial charge >= 0.3 is 0 Å². The van der Waals surface area contributed by atoms with Gasteiger partial charge in [-0.05, 0) is 17.9 Å². The number of thiophene rings is 1. The summed E-state index contributed by atoms with van der Waals surface area (Å²) >= 11 is 1.22. The first-order chi connectivity index (χ1) is 9.13. The number of nitrogens with one attached hydrogen (secondary N) is 1. The molecule has 0 radical (unpaired) electrons. The molecule has 0 aliphatic rings. The Balaban J connectivity index is 1.88. The van der Waals surface area contributed by atoms with Gasteiger partial charge in [-0.2, -0.15) is 0 Å². The highest BCUT2D eigenvalue weighted by Gasteiger charge is 2.18. The lowest BCUT2D eigenvalue weighted by molar-refractivity contribution is 0.282. The number of hydrogen-bond acceptors (Lipinski definition) is 6. The zero-order chi connectivity index (χ0) is 13.7. The first-order valence-corrected chi connectivity index (χ1v) is 8.01. The maximum absolute atomic E-state index is 12.0. The standard InChI is InChI=1S/C10H14N4O3S2/c15-8-9-10(2-7-18-9)19(16,17)12-3-1-5-14-6-4-11-13-14/h2,4,6-7,12,15H,1,3,5,8H2. The Morgan fingerprint density at radius 2 is 2.32 bits per heavy atom. The number of nitrogens with zero attached hydrogens (tertiary/aromatic N) is 3. The van der Waals surface area contributed by atoms with Gasteiger partial charge in [0.15, 0.2) is 0 Å². The van der Waals surface area contributed by atoms with Crippen LogP contribution in [0.1, 0.15) is 11.3 Å². The van der Waals surface area contributed by atoms with E-state index in [1.54, 1.807) is 22.5 Å². The molecule has 0 saturated carbocycles. The summed E-state index contributed by atoms with van der Waals surface area (Å²) in [6.07, 6.45) is 3.90. The van der Waals surface area contributed by atoms with Crippen molar-refractivity contribution in [1.82, 2.24) is 19.7 Å². The molecule has 2 aromatic heterocycles. The summed E-state index contributed by atoms with van der Waals surface area (Å²) in [6, 6.07) is 1.50. The third-order valence-corrected chi connectivity index (χ3v) is 5.05. The van der Waals surface area contributed by atoms with Crippen molar-refractivity contribution < 1.29 is 13.5 Å². The molecule has 0 amide bonds. The number of hydrogen-bond donors (Lipinski definition) is 2. The Morgan fingerprint density at radius 3 is 3.00 bits per heavy atom. The van der Waals surface area contributed by atoms with Gasteiger partial charge in [0.05, 0.1) is 17.7 Å². The maximum atomic E-state index is 12.0. The molecule has 0 aliphatic heterocycles. The van der Waals surface area contributed by atoms with Crippen LogP contribution in [0.3, 0.4) is 0 Å². The molecule has 2 rings (SSSR count). The number of aromatic nitrogens is 3. The Bertz CT molecular complexity index is 607. The summed E-state index contributed by atoms with van der Waals surface area (Å²) in [5.41, 5.74) is 0. The lowest BCUT2D eigenvalue weighted by Gasteiger charge is -2.06. The van der Waals surface area contributed by atoms with E-state index in [1.807, 2.05) is 0 Å². The molecule has 9 heteroatoms. The molecule has 0 unspecified atom stereocenters. The molecular formula is C10H14N4O3S2. The molecule has 2 N–H and O–H groups in total. The quantitative estimate of drug-likeness (QED) is 0.712. The Kier molecular flexibility index (Phi) is 4.64. The van der Waals surface area contributed by atoms with E-state index in [1.165, 1.54) is 17.4 Å². The lowest BCUT2D eigenvalue weighted by atomic mass is 10.4. The average Bonchev–Trinajstić information content (AvgIpc) is 3.05. The monoisotopic (exact) mass is 302 g/mol. The van der Waals surface area contributed by atoms with Crippen molar-refractivity contribution in [3.05, 3.63) is 28.7 Å². The number of rotatable bonds is 7. The van der Waals surface area contributed by atoms with Crippen LogP contribution in [0, 0.1) is 0 Å². The van der Waals surface area contributed by atoms with Gasteiger partial charge in [0, 0.05) is 24.2 Å². The minimum Gasteiger partial charge on any atom is -0.391 e. The highest BCUT2D eigenvalue weighted by molar-refractivity contribution is 7.89. The normalized spacial score (nSPS) is 11.8. The fraction of sp³-hybridized carbons (Fsp3) is 0.400. The molecule has 0 aromatic carbocycles. The fourth-order valence-electron chi connectivity index (χ4n) is 1.56. The minimum absolute atomic E-state index is 0.153. The molecule has 2 heterocycles. The summed E-state index contributed by atoms with van der Waals surface area (Å²) in [4.78, 5) is 0.601. The van der Waals surface area contributed by atoms with E-state index >= 15 is 0 Å². The maximum Gasteiger partial charge on any atom is 0.241 e. The second-order valence-electron chi connectivity index (χ2n) is 3.78. The van der Waals surface area contributed by atoms with Crippen LogP contribution in [0.25, 0.3) is 0 Å². The largest absolute Gasteiger partial charge is 0.391 e. The molecule has 7 nitrogen and oxygen atoms in total. The van der Waals surface area contributed by atoms with Gasteiger partial charge in [0.25, 0.3) is 0 Å². The predicted molar refractivity (Wildman–Crippen MR) is 70.1 cm³/mol. The van der Waals surface area contributed by atoms with E-state index in [-0.39, 0.29) is 11.5 Å². The first-order valence-electron chi connectivity index (χ1n) is 5.64. The van der Waals surface area contributed by atoms with Gasteiger partial charge in [-0.15, -0.1) is 16.4 Å². The molecule has 0 saturated heterocycles. The molecule has 0 atom stereocenters. The van der Waals surface area contributed by atoms with Crippen LogP contribution in [0.15, 0.2) is 28.7 Å². The summed E-state index contributed by atoms with van der Waals surface area (Å²) in [5.74, 6) is 0. The summed E-state index contributed by atoms with van der Waals surface area (Å²) in [6.45, 7) is 0.634. The van der Waals surface area contributed by atoms with Crippen molar-refractivity contribution in [1.29, 1.82) is 0 Å². The van der Waals surface area contributed by atoms with E-state index in [0.717, 1.165) is 0 Å². The van der Waals surface area contributed by atoms with Crippen LogP contribution in [0.5, 0.6) is 0 Å². The number of aliphatic hydroxyl groups excluding tert-OH is 1. The third-order valence-electron chi connectivity index (χ3n) is 2.47. The van der Waals surface area contributed by atoms with Gasteiger partial charge in [-0.3, -0.25) is 4.68 Å². The number of aliphatic hydroxyl groups is 1. The summed E-state index contributed by atoms with van der Waals surface area (Å²) in [5, 5.41) is 18.2. The number of sulfonamides is 1.